The lowest BCUT2D eigenvalue weighted by molar-refractivity contribution is 0.144. The van der Waals surface area contributed by atoms with Gasteiger partial charge in [-0.15, -0.1) is 0 Å². The number of hydrogen-bond donors (Lipinski definition) is 1. The van der Waals surface area contributed by atoms with Gasteiger partial charge in [-0.3, -0.25) is 0 Å². The predicted molar refractivity (Wildman–Crippen MR) is 89.5 cm³/mol. The molecule has 2 aromatic carbocycles. The molecule has 24 heavy (non-hydrogen) atoms. The van der Waals surface area contributed by atoms with Gasteiger partial charge >= 0.3 is 6.16 Å². The van der Waals surface area contributed by atoms with E-state index in [0.717, 1.165) is 11.1 Å². The van der Waals surface area contributed by atoms with Crippen LogP contribution < -0.4 is 9.47 Å². The summed E-state index contributed by atoms with van der Waals surface area (Å²) in [6, 6.07) is 16.8. The lowest BCUT2D eigenvalue weighted by Gasteiger charge is -2.07. The molecule has 0 spiro atoms. The van der Waals surface area contributed by atoms with Crippen LogP contribution in [0.5, 0.6) is 11.5 Å². The van der Waals surface area contributed by atoms with E-state index in [1.807, 2.05) is 42.5 Å². The second kappa shape index (κ2) is 6.50. The van der Waals surface area contributed by atoms with Crippen LogP contribution in [0.2, 0.25) is 0 Å². The van der Waals surface area contributed by atoms with Crippen molar-refractivity contribution in [1.82, 2.24) is 0 Å². The van der Waals surface area contributed by atoms with Crippen LogP contribution in [-0.2, 0) is 0 Å². The zero-order chi connectivity index (χ0) is 17.1. The smallest absolute Gasteiger partial charge is 0.497 e. The van der Waals surface area contributed by atoms with Gasteiger partial charge in [0.25, 0.3) is 0 Å². The van der Waals surface area contributed by atoms with E-state index in [2.05, 4.69) is 0 Å². The lowest BCUT2D eigenvalue weighted by Crippen LogP contribution is -2.04. The number of furan rings is 1. The Labute approximate surface area is 139 Å². The average molecular weight is 324 g/mol. The van der Waals surface area contributed by atoms with Gasteiger partial charge in [-0.2, -0.15) is 0 Å². The minimum atomic E-state index is -1.38. The molecule has 5 heteroatoms. The first-order valence-electron chi connectivity index (χ1n) is 7.34. The van der Waals surface area contributed by atoms with Gasteiger partial charge in [-0.25, -0.2) is 4.79 Å². The SMILES string of the molecule is COc1ccc(-c2c(-c3ccccc3)oc(C)c2OC(=O)O)cc1. The third-order valence-corrected chi connectivity index (χ3v) is 3.63. The third kappa shape index (κ3) is 2.96. The van der Waals surface area contributed by atoms with E-state index >= 15 is 0 Å². The molecule has 0 unspecified atom stereocenters. The van der Waals surface area contributed by atoms with E-state index in [4.69, 9.17) is 19.0 Å². The highest BCUT2D eigenvalue weighted by atomic mass is 16.7. The Morgan fingerprint density at radius 1 is 1.00 bits per heavy atom. The van der Waals surface area contributed by atoms with Gasteiger partial charge in [0.2, 0.25) is 0 Å². The zero-order valence-corrected chi connectivity index (χ0v) is 13.3. The third-order valence-electron chi connectivity index (χ3n) is 3.63. The summed E-state index contributed by atoms with van der Waals surface area (Å²) >= 11 is 0. The van der Waals surface area contributed by atoms with Gasteiger partial charge in [-0.1, -0.05) is 42.5 Å². The van der Waals surface area contributed by atoms with Gasteiger partial charge in [0.05, 0.1) is 12.7 Å². The van der Waals surface area contributed by atoms with Gasteiger partial charge < -0.3 is 19.0 Å². The molecule has 3 rings (SSSR count). The molecule has 0 aliphatic heterocycles. The van der Waals surface area contributed by atoms with Crippen molar-refractivity contribution >= 4 is 6.16 Å². The van der Waals surface area contributed by atoms with Crippen LogP contribution in [0.15, 0.2) is 59.0 Å². The van der Waals surface area contributed by atoms with Gasteiger partial charge in [0.15, 0.2) is 5.75 Å². The van der Waals surface area contributed by atoms with Gasteiger partial charge in [0, 0.05) is 5.56 Å². The fourth-order valence-electron chi connectivity index (χ4n) is 2.55. The molecule has 0 aliphatic rings. The van der Waals surface area contributed by atoms with Crippen molar-refractivity contribution in [2.75, 3.05) is 7.11 Å². The normalized spacial score (nSPS) is 10.4. The Balaban J connectivity index is 2.21. The Bertz CT molecular complexity index is 847. The monoisotopic (exact) mass is 324 g/mol. The van der Waals surface area contributed by atoms with Crippen LogP contribution in [0, 0.1) is 6.92 Å². The molecule has 0 radical (unpaired) electrons. The quantitative estimate of drug-likeness (QED) is 0.685. The van der Waals surface area contributed by atoms with Crippen LogP contribution in [-0.4, -0.2) is 18.4 Å². The summed E-state index contributed by atoms with van der Waals surface area (Å²) in [6.07, 6.45) is -1.38. The van der Waals surface area contributed by atoms with Crippen LogP contribution >= 0.6 is 0 Å². The van der Waals surface area contributed by atoms with Crippen LogP contribution in [0.4, 0.5) is 4.79 Å². The first-order valence-corrected chi connectivity index (χ1v) is 7.34. The lowest BCUT2D eigenvalue weighted by atomic mass is 10.0. The summed E-state index contributed by atoms with van der Waals surface area (Å²) in [5.41, 5.74) is 2.22. The second-order valence-electron chi connectivity index (χ2n) is 5.15. The first-order chi connectivity index (χ1) is 11.6. The molecule has 122 valence electrons. The largest absolute Gasteiger partial charge is 0.511 e. The van der Waals surface area contributed by atoms with Gasteiger partial charge in [-0.05, 0) is 24.6 Å². The number of methoxy groups -OCH3 is 1. The summed E-state index contributed by atoms with van der Waals surface area (Å²) in [6.45, 7) is 1.68. The van der Waals surface area contributed by atoms with Crippen molar-refractivity contribution in [1.29, 1.82) is 0 Å². The highest BCUT2D eigenvalue weighted by Gasteiger charge is 2.24. The van der Waals surface area contributed by atoms with Crippen molar-refractivity contribution in [3.63, 3.8) is 0 Å². The summed E-state index contributed by atoms with van der Waals surface area (Å²) in [5, 5.41) is 9.04. The average Bonchev–Trinajstić information content (AvgIpc) is 2.92. The first kappa shape index (κ1) is 15.7. The van der Waals surface area contributed by atoms with Crippen LogP contribution in [0.1, 0.15) is 5.76 Å². The molecule has 1 N–H and O–H groups in total. The van der Waals surface area contributed by atoms with Crippen LogP contribution in [0.25, 0.3) is 22.5 Å². The van der Waals surface area contributed by atoms with E-state index in [0.29, 0.717) is 22.8 Å². The zero-order valence-electron chi connectivity index (χ0n) is 13.3. The minimum Gasteiger partial charge on any atom is -0.497 e. The maximum atomic E-state index is 11.1. The van der Waals surface area contributed by atoms with E-state index in [1.165, 1.54) is 0 Å². The summed E-state index contributed by atoms with van der Waals surface area (Å²) in [7, 11) is 1.59. The standard InChI is InChI=1S/C19H16O5/c1-12-17(24-19(20)21)16(13-8-10-15(22-2)11-9-13)18(23-12)14-6-4-3-5-7-14/h3-11H,1-2H3,(H,20,21). The van der Waals surface area contributed by atoms with Crippen LogP contribution in [0.3, 0.4) is 0 Å². The number of carbonyl (C=O) groups is 1. The number of aryl methyl sites for hydroxylation is 1. The highest BCUT2D eigenvalue weighted by molar-refractivity contribution is 5.87. The Morgan fingerprint density at radius 3 is 2.25 bits per heavy atom. The molecule has 0 amide bonds. The maximum absolute atomic E-state index is 11.1. The molecular formula is C19H16O5. The van der Waals surface area contributed by atoms with Crippen molar-refractivity contribution < 1.29 is 23.8 Å². The summed E-state index contributed by atoms with van der Waals surface area (Å²) in [4.78, 5) is 11.1. The molecule has 0 bridgehead atoms. The topological polar surface area (TPSA) is 68.9 Å². The highest BCUT2D eigenvalue weighted by Crippen LogP contribution is 2.44. The Morgan fingerprint density at radius 2 is 1.67 bits per heavy atom. The van der Waals surface area contributed by atoms with Crippen molar-refractivity contribution in [3.05, 3.63) is 60.4 Å². The van der Waals surface area contributed by atoms with E-state index in [9.17, 15) is 4.79 Å². The molecular weight excluding hydrogens is 308 g/mol. The molecule has 0 fully saturated rings. The Hall–Kier alpha value is -3.21. The maximum Gasteiger partial charge on any atom is 0.511 e. The summed E-state index contributed by atoms with van der Waals surface area (Å²) < 4.78 is 16.0. The second-order valence-corrected chi connectivity index (χ2v) is 5.15. The summed E-state index contributed by atoms with van der Waals surface area (Å²) in [5.74, 6) is 1.88. The van der Waals surface area contributed by atoms with Crippen molar-refractivity contribution in [2.45, 2.75) is 6.92 Å². The number of rotatable bonds is 4. The molecule has 3 aromatic rings. The van der Waals surface area contributed by atoms with Crippen molar-refractivity contribution in [2.24, 2.45) is 0 Å². The number of carboxylic acid groups (broad SMARTS) is 1. The van der Waals surface area contributed by atoms with Gasteiger partial charge in [0.1, 0.15) is 17.3 Å². The van der Waals surface area contributed by atoms with E-state index < -0.39 is 6.16 Å². The fraction of sp³-hybridized carbons (Fsp3) is 0.105. The number of benzene rings is 2. The van der Waals surface area contributed by atoms with E-state index in [-0.39, 0.29) is 5.75 Å². The molecule has 1 heterocycles. The molecule has 0 saturated heterocycles. The molecule has 1 aromatic heterocycles. The van der Waals surface area contributed by atoms with E-state index in [1.54, 1.807) is 26.2 Å². The minimum absolute atomic E-state index is 0.200. The number of hydrogen-bond acceptors (Lipinski definition) is 4. The molecule has 0 aliphatic carbocycles. The molecule has 5 nitrogen and oxygen atoms in total. The van der Waals surface area contributed by atoms with Crippen molar-refractivity contribution in [3.8, 4) is 33.9 Å². The number of ether oxygens (including phenoxy) is 2. The fourth-order valence-corrected chi connectivity index (χ4v) is 2.55. The molecule has 0 atom stereocenters. The molecule has 0 saturated carbocycles. The predicted octanol–water partition coefficient (Wildman–Crippen LogP) is 4.99. The Kier molecular flexibility index (Phi) is 4.24.